The molecule has 0 spiro atoms. The second-order valence-electron chi connectivity index (χ2n) is 8.12. The van der Waals surface area contributed by atoms with E-state index >= 15 is 0 Å². The Bertz CT molecular complexity index is 604. The summed E-state index contributed by atoms with van der Waals surface area (Å²) in [5.74, 6) is 1.30. The predicted octanol–water partition coefficient (Wildman–Crippen LogP) is 3.23. The van der Waals surface area contributed by atoms with Crippen molar-refractivity contribution in [3.8, 4) is 0 Å². The number of aryl methyl sites for hydroxylation is 1. The van der Waals surface area contributed by atoms with Crippen molar-refractivity contribution in [2.24, 2.45) is 5.92 Å². The SMILES string of the molecule is CNCc1cc(CCCO)ccc1C1CCC(N(C)C(=O)C2CC2)CC1. The monoisotopic (exact) mass is 358 g/mol. The number of nitrogens with one attached hydrogen (secondary N) is 1. The van der Waals surface area contributed by atoms with Crippen molar-refractivity contribution in [3.63, 3.8) is 0 Å². The van der Waals surface area contributed by atoms with Crippen LogP contribution in [0.25, 0.3) is 0 Å². The van der Waals surface area contributed by atoms with E-state index in [9.17, 15) is 4.79 Å². The lowest BCUT2D eigenvalue weighted by Gasteiger charge is -2.35. The van der Waals surface area contributed by atoms with Gasteiger partial charge >= 0.3 is 0 Å². The van der Waals surface area contributed by atoms with Gasteiger partial charge in [0, 0.05) is 32.2 Å². The minimum atomic E-state index is 0.250. The number of nitrogens with zero attached hydrogens (tertiary/aromatic N) is 1. The van der Waals surface area contributed by atoms with E-state index in [1.165, 1.54) is 29.5 Å². The number of hydrogen-bond donors (Lipinski definition) is 2. The number of amides is 1. The second-order valence-corrected chi connectivity index (χ2v) is 8.12. The smallest absolute Gasteiger partial charge is 0.225 e. The van der Waals surface area contributed by atoms with Crippen molar-refractivity contribution < 1.29 is 9.90 Å². The van der Waals surface area contributed by atoms with Crippen LogP contribution in [0.15, 0.2) is 18.2 Å². The van der Waals surface area contributed by atoms with Crippen molar-refractivity contribution in [3.05, 3.63) is 34.9 Å². The van der Waals surface area contributed by atoms with E-state index in [1.54, 1.807) is 0 Å². The topological polar surface area (TPSA) is 52.6 Å². The molecule has 1 aromatic carbocycles. The zero-order valence-corrected chi connectivity index (χ0v) is 16.3. The lowest BCUT2D eigenvalue weighted by Crippen LogP contribution is -2.40. The molecule has 3 rings (SSSR count). The zero-order chi connectivity index (χ0) is 18.5. The number of hydrogen-bond acceptors (Lipinski definition) is 3. The van der Waals surface area contributed by atoms with Gasteiger partial charge in [0.1, 0.15) is 0 Å². The molecule has 1 aromatic rings. The van der Waals surface area contributed by atoms with E-state index in [0.717, 1.165) is 45.1 Å². The average Bonchev–Trinajstić information content (AvgIpc) is 3.51. The van der Waals surface area contributed by atoms with Crippen LogP contribution in [0.2, 0.25) is 0 Å². The third-order valence-corrected chi connectivity index (χ3v) is 6.16. The first-order chi connectivity index (χ1) is 12.6. The van der Waals surface area contributed by atoms with Gasteiger partial charge in [-0.05, 0) is 81.0 Å². The molecule has 0 aromatic heterocycles. The van der Waals surface area contributed by atoms with Gasteiger partial charge in [-0.25, -0.2) is 0 Å². The molecule has 2 N–H and O–H groups in total. The molecule has 2 saturated carbocycles. The summed E-state index contributed by atoms with van der Waals surface area (Å²) >= 11 is 0. The van der Waals surface area contributed by atoms with Gasteiger partial charge in [0.25, 0.3) is 0 Å². The number of carbonyl (C=O) groups excluding carboxylic acids is 1. The van der Waals surface area contributed by atoms with E-state index in [2.05, 4.69) is 23.5 Å². The van der Waals surface area contributed by atoms with E-state index in [1.807, 2.05) is 19.0 Å². The lowest BCUT2D eigenvalue weighted by atomic mass is 9.79. The van der Waals surface area contributed by atoms with E-state index in [-0.39, 0.29) is 6.61 Å². The van der Waals surface area contributed by atoms with Crippen molar-refractivity contribution >= 4 is 5.91 Å². The maximum absolute atomic E-state index is 12.3. The number of aliphatic hydroxyl groups excluding tert-OH is 1. The molecule has 4 heteroatoms. The fraction of sp³-hybridized carbons (Fsp3) is 0.682. The third kappa shape index (κ3) is 4.66. The first kappa shape index (κ1) is 19.4. The molecule has 0 saturated heterocycles. The molecular formula is C22H34N2O2. The van der Waals surface area contributed by atoms with Gasteiger partial charge < -0.3 is 15.3 Å². The molecule has 26 heavy (non-hydrogen) atoms. The third-order valence-electron chi connectivity index (χ3n) is 6.16. The van der Waals surface area contributed by atoms with Gasteiger partial charge in [0.15, 0.2) is 0 Å². The summed E-state index contributed by atoms with van der Waals surface area (Å²) in [5.41, 5.74) is 4.19. The zero-order valence-electron chi connectivity index (χ0n) is 16.3. The molecule has 0 atom stereocenters. The molecule has 0 unspecified atom stereocenters. The molecule has 0 heterocycles. The van der Waals surface area contributed by atoms with Crippen LogP contribution in [-0.2, 0) is 17.8 Å². The molecule has 4 nitrogen and oxygen atoms in total. The summed E-state index contributed by atoms with van der Waals surface area (Å²) in [7, 11) is 4.01. The van der Waals surface area contributed by atoms with Gasteiger partial charge in [-0.15, -0.1) is 0 Å². The van der Waals surface area contributed by atoms with E-state index < -0.39 is 0 Å². The van der Waals surface area contributed by atoms with Crippen LogP contribution in [0.3, 0.4) is 0 Å². The Morgan fingerprint density at radius 1 is 1.19 bits per heavy atom. The minimum absolute atomic E-state index is 0.250. The first-order valence-corrected chi connectivity index (χ1v) is 10.3. The molecule has 1 amide bonds. The van der Waals surface area contributed by atoms with Crippen molar-refractivity contribution in [2.45, 2.75) is 69.9 Å². The Hall–Kier alpha value is -1.39. The molecular weight excluding hydrogens is 324 g/mol. The van der Waals surface area contributed by atoms with Crippen molar-refractivity contribution in [2.75, 3.05) is 20.7 Å². The number of carbonyl (C=O) groups is 1. The Labute approximate surface area is 158 Å². The summed E-state index contributed by atoms with van der Waals surface area (Å²) in [6.07, 6.45) is 8.51. The highest BCUT2D eigenvalue weighted by molar-refractivity contribution is 5.81. The van der Waals surface area contributed by atoms with Crippen LogP contribution in [0.1, 0.15) is 67.6 Å². The molecule has 2 fully saturated rings. The fourth-order valence-electron chi connectivity index (χ4n) is 4.41. The predicted molar refractivity (Wildman–Crippen MR) is 105 cm³/mol. The minimum Gasteiger partial charge on any atom is -0.396 e. The maximum atomic E-state index is 12.3. The largest absolute Gasteiger partial charge is 0.396 e. The number of benzene rings is 1. The summed E-state index contributed by atoms with van der Waals surface area (Å²) in [6, 6.07) is 7.29. The highest BCUT2D eigenvalue weighted by atomic mass is 16.2. The highest BCUT2D eigenvalue weighted by Crippen LogP contribution is 2.38. The van der Waals surface area contributed by atoms with Gasteiger partial charge in [-0.3, -0.25) is 4.79 Å². The fourth-order valence-corrected chi connectivity index (χ4v) is 4.41. The van der Waals surface area contributed by atoms with Gasteiger partial charge in [0.05, 0.1) is 0 Å². The summed E-state index contributed by atoms with van der Waals surface area (Å²) in [6.45, 7) is 1.14. The van der Waals surface area contributed by atoms with Crippen LogP contribution in [0.4, 0.5) is 0 Å². The van der Waals surface area contributed by atoms with Crippen LogP contribution in [0, 0.1) is 5.92 Å². The van der Waals surface area contributed by atoms with Gasteiger partial charge in [-0.1, -0.05) is 18.2 Å². The standard InChI is InChI=1S/C22H34N2O2/c1-23-15-19-14-16(4-3-13-25)5-12-21(19)17-8-10-20(11-9-17)24(2)22(26)18-6-7-18/h5,12,14,17-18,20,23,25H,3-4,6-11,13,15H2,1-2H3. The van der Waals surface area contributed by atoms with Crippen LogP contribution in [-0.4, -0.2) is 42.7 Å². The summed E-state index contributed by atoms with van der Waals surface area (Å²) < 4.78 is 0. The first-order valence-electron chi connectivity index (χ1n) is 10.3. The molecule has 2 aliphatic rings. The molecule has 0 aliphatic heterocycles. The van der Waals surface area contributed by atoms with Gasteiger partial charge in [0.2, 0.25) is 5.91 Å². The van der Waals surface area contributed by atoms with Crippen LogP contribution in [0.5, 0.6) is 0 Å². The Morgan fingerprint density at radius 3 is 2.54 bits per heavy atom. The summed E-state index contributed by atoms with van der Waals surface area (Å²) in [5, 5.41) is 12.4. The molecule has 0 radical (unpaired) electrons. The van der Waals surface area contributed by atoms with E-state index in [4.69, 9.17) is 5.11 Å². The molecule has 144 valence electrons. The molecule has 0 bridgehead atoms. The Morgan fingerprint density at radius 2 is 1.92 bits per heavy atom. The highest BCUT2D eigenvalue weighted by Gasteiger charge is 2.36. The van der Waals surface area contributed by atoms with Crippen molar-refractivity contribution in [1.29, 1.82) is 0 Å². The second kappa shape index (κ2) is 9.01. The Balaban J connectivity index is 1.63. The Kier molecular flexibility index (Phi) is 6.71. The molecule has 2 aliphatic carbocycles. The quantitative estimate of drug-likeness (QED) is 0.750. The number of rotatable bonds is 8. The van der Waals surface area contributed by atoms with Gasteiger partial charge in [-0.2, -0.15) is 0 Å². The van der Waals surface area contributed by atoms with Crippen LogP contribution >= 0.6 is 0 Å². The van der Waals surface area contributed by atoms with Crippen LogP contribution < -0.4 is 5.32 Å². The lowest BCUT2D eigenvalue weighted by molar-refractivity contribution is -0.133. The number of aliphatic hydroxyl groups is 1. The normalized spacial score (nSPS) is 23.0. The van der Waals surface area contributed by atoms with Crippen molar-refractivity contribution in [1.82, 2.24) is 10.2 Å². The maximum Gasteiger partial charge on any atom is 0.225 e. The summed E-state index contributed by atoms with van der Waals surface area (Å²) in [4.78, 5) is 14.4. The van der Waals surface area contributed by atoms with E-state index in [0.29, 0.717) is 23.8 Å². The average molecular weight is 359 g/mol.